The summed E-state index contributed by atoms with van der Waals surface area (Å²) in [6, 6.07) is 6.02. The van der Waals surface area contributed by atoms with Crippen molar-refractivity contribution in [2.75, 3.05) is 0 Å². The van der Waals surface area contributed by atoms with Gasteiger partial charge in [0, 0.05) is 6.21 Å². The van der Waals surface area contributed by atoms with E-state index in [-0.39, 0.29) is 0 Å². The van der Waals surface area contributed by atoms with Gasteiger partial charge in [-0.2, -0.15) is 0 Å². The Kier molecular flexibility index (Phi) is 2.17. The minimum Gasteiger partial charge on any atom is -0.564 e. The molecule has 0 aromatic heterocycles. The minimum absolute atomic E-state index is 0.783. The van der Waals surface area contributed by atoms with Gasteiger partial charge in [-0.05, 0) is 29.6 Å². The van der Waals surface area contributed by atoms with Crippen LogP contribution in [0, 0.1) is 5.41 Å². The number of benzene rings is 1. The fourth-order valence-corrected chi connectivity index (χ4v) is 1.56. The highest BCUT2D eigenvalue weighted by Gasteiger charge is 2.15. The molecule has 13 heavy (non-hydrogen) atoms. The smallest absolute Gasteiger partial charge is 0.344 e. The van der Waals surface area contributed by atoms with Crippen molar-refractivity contribution in [2.24, 2.45) is 0 Å². The second kappa shape index (κ2) is 3.48. The second-order valence-electron chi connectivity index (χ2n) is 2.95. The molecule has 0 spiro atoms. The average Bonchev–Trinajstić information content (AvgIpc) is 2.62. The van der Waals surface area contributed by atoms with E-state index in [0.29, 0.717) is 0 Å². The monoisotopic (exact) mass is 171 g/mol. The Morgan fingerprint density at radius 1 is 1.46 bits per heavy atom. The van der Waals surface area contributed by atoms with E-state index >= 15 is 0 Å². The lowest BCUT2D eigenvalue weighted by atomic mass is 9.90. The molecule has 0 amide bonds. The normalized spacial score (nSPS) is 13.5. The molecule has 1 heterocycles. The van der Waals surface area contributed by atoms with Gasteiger partial charge in [-0.3, -0.25) is 0 Å². The van der Waals surface area contributed by atoms with Crippen molar-refractivity contribution in [1.29, 1.82) is 5.41 Å². The third kappa shape index (κ3) is 1.50. The lowest BCUT2D eigenvalue weighted by Gasteiger charge is -2.02. The lowest BCUT2D eigenvalue weighted by molar-refractivity contribution is 0.614. The van der Waals surface area contributed by atoms with Gasteiger partial charge in [0.05, 0.1) is 0 Å². The molecule has 0 saturated heterocycles. The molecular formula is C10H10BNO. The standard InChI is InChI=1S/C10H10BNO/c12-6-2-4-8-3-1-5-10-9(8)7-11-13-10/h1-6,11-12H,7H2/b4-2-,12-6?. The van der Waals surface area contributed by atoms with Crippen LogP contribution in [0.15, 0.2) is 24.3 Å². The van der Waals surface area contributed by atoms with Gasteiger partial charge in [-0.25, -0.2) is 0 Å². The summed E-state index contributed by atoms with van der Waals surface area (Å²) < 4.78 is 5.43. The third-order valence-corrected chi connectivity index (χ3v) is 2.15. The zero-order valence-electron chi connectivity index (χ0n) is 7.29. The number of allylic oxidation sites excluding steroid dienone is 1. The maximum absolute atomic E-state index is 6.91. The molecule has 1 aliphatic heterocycles. The molecule has 1 N–H and O–H groups in total. The van der Waals surface area contributed by atoms with Gasteiger partial charge in [-0.15, -0.1) is 0 Å². The highest BCUT2D eigenvalue weighted by molar-refractivity contribution is 6.30. The van der Waals surface area contributed by atoms with Crippen molar-refractivity contribution in [3.63, 3.8) is 0 Å². The van der Waals surface area contributed by atoms with E-state index in [2.05, 4.69) is 0 Å². The molecular weight excluding hydrogens is 161 g/mol. The Morgan fingerprint density at radius 2 is 2.38 bits per heavy atom. The molecule has 64 valence electrons. The van der Waals surface area contributed by atoms with E-state index in [1.54, 1.807) is 6.08 Å². The number of rotatable bonds is 2. The quantitative estimate of drug-likeness (QED) is 0.531. The molecule has 1 aliphatic rings. The Hall–Kier alpha value is -1.51. The Balaban J connectivity index is 2.41. The predicted molar refractivity (Wildman–Crippen MR) is 55.7 cm³/mol. The Bertz CT molecular complexity index is 360. The van der Waals surface area contributed by atoms with Crippen LogP contribution in [0.5, 0.6) is 5.75 Å². The average molecular weight is 171 g/mol. The highest BCUT2D eigenvalue weighted by atomic mass is 16.4. The SMILES string of the molecule is N=C/C=C\c1cccc2c1CBO2. The summed E-state index contributed by atoms with van der Waals surface area (Å²) in [5.41, 5.74) is 2.43. The minimum atomic E-state index is 0.783. The van der Waals surface area contributed by atoms with E-state index in [1.807, 2.05) is 24.3 Å². The summed E-state index contributed by atoms with van der Waals surface area (Å²) >= 11 is 0. The molecule has 0 bridgehead atoms. The molecule has 2 nitrogen and oxygen atoms in total. The first-order valence-electron chi connectivity index (χ1n) is 4.33. The van der Waals surface area contributed by atoms with Crippen LogP contribution < -0.4 is 4.65 Å². The summed E-state index contributed by atoms with van der Waals surface area (Å²) in [4.78, 5) is 0. The Labute approximate surface area is 78.0 Å². The number of hydrogen-bond donors (Lipinski definition) is 1. The van der Waals surface area contributed by atoms with Gasteiger partial charge in [0.25, 0.3) is 0 Å². The van der Waals surface area contributed by atoms with Gasteiger partial charge in [0.15, 0.2) is 0 Å². The summed E-state index contributed by atoms with van der Waals surface area (Å²) in [7, 11) is 0.783. The molecule has 0 unspecified atom stereocenters. The highest BCUT2D eigenvalue weighted by Crippen LogP contribution is 2.27. The molecule has 0 atom stereocenters. The fourth-order valence-electron chi connectivity index (χ4n) is 1.56. The van der Waals surface area contributed by atoms with Crippen LogP contribution in [-0.4, -0.2) is 13.7 Å². The molecule has 0 saturated carbocycles. The largest absolute Gasteiger partial charge is 0.564 e. The van der Waals surface area contributed by atoms with Crippen molar-refractivity contribution in [2.45, 2.75) is 6.32 Å². The fraction of sp³-hybridized carbons (Fsp3) is 0.100. The van der Waals surface area contributed by atoms with Crippen LogP contribution >= 0.6 is 0 Å². The van der Waals surface area contributed by atoms with Crippen molar-refractivity contribution >= 4 is 19.8 Å². The molecule has 1 aromatic carbocycles. The van der Waals surface area contributed by atoms with Gasteiger partial charge in [-0.1, -0.05) is 18.2 Å². The van der Waals surface area contributed by atoms with Crippen molar-refractivity contribution < 1.29 is 4.65 Å². The third-order valence-electron chi connectivity index (χ3n) is 2.15. The molecule has 2 rings (SSSR count). The van der Waals surface area contributed by atoms with Crippen LogP contribution in [0.2, 0.25) is 0 Å². The van der Waals surface area contributed by atoms with Crippen LogP contribution in [-0.2, 0) is 6.32 Å². The predicted octanol–water partition coefficient (Wildman–Crippen LogP) is 1.59. The number of nitrogens with one attached hydrogen (secondary N) is 1. The molecule has 3 heteroatoms. The second-order valence-corrected chi connectivity index (χ2v) is 2.95. The van der Waals surface area contributed by atoms with Crippen molar-refractivity contribution in [1.82, 2.24) is 0 Å². The first kappa shape index (κ1) is 8.11. The lowest BCUT2D eigenvalue weighted by Crippen LogP contribution is -1.93. The summed E-state index contributed by atoms with van der Waals surface area (Å²) in [5.74, 6) is 0.993. The molecule has 0 aliphatic carbocycles. The molecule has 0 radical (unpaired) electrons. The van der Waals surface area contributed by atoms with Gasteiger partial charge < -0.3 is 10.1 Å². The first-order valence-corrected chi connectivity index (χ1v) is 4.33. The van der Waals surface area contributed by atoms with Crippen LogP contribution in [0.3, 0.4) is 0 Å². The summed E-state index contributed by atoms with van der Waals surface area (Å²) in [6.45, 7) is 0. The van der Waals surface area contributed by atoms with E-state index in [1.165, 1.54) is 17.3 Å². The zero-order valence-corrected chi connectivity index (χ0v) is 7.29. The van der Waals surface area contributed by atoms with Gasteiger partial charge in [0.2, 0.25) is 0 Å². The summed E-state index contributed by atoms with van der Waals surface area (Å²) in [6.07, 6.45) is 5.94. The molecule has 1 aromatic rings. The van der Waals surface area contributed by atoms with Crippen LogP contribution in [0.1, 0.15) is 11.1 Å². The number of fused-ring (bicyclic) bond motifs is 1. The first-order chi connectivity index (χ1) is 6.42. The zero-order chi connectivity index (χ0) is 9.10. The van der Waals surface area contributed by atoms with Gasteiger partial charge in [0.1, 0.15) is 5.75 Å². The molecule has 0 fully saturated rings. The number of hydrogen-bond acceptors (Lipinski definition) is 2. The topological polar surface area (TPSA) is 33.1 Å². The van der Waals surface area contributed by atoms with E-state index in [0.717, 1.165) is 19.6 Å². The van der Waals surface area contributed by atoms with Crippen molar-refractivity contribution in [3.05, 3.63) is 35.4 Å². The van der Waals surface area contributed by atoms with E-state index in [4.69, 9.17) is 10.1 Å². The summed E-state index contributed by atoms with van der Waals surface area (Å²) in [5, 5.41) is 6.91. The maximum atomic E-state index is 6.91. The van der Waals surface area contributed by atoms with Gasteiger partial charge >= 0.3 is 7.48 Å². The van der Waals surface area contributed by atoms with E-state index in [9.17, 15) is 0 Å². The van der Waals surface area contributed by atoms with Crippen LogP contribution in [0.4, 0.5) is 0 Å². The van der Waals surface area contributed by atoms with Crippen LogP contribution in [0.25, 0.3) is 6.08 Å². The van der Waals surface area contributed by atoms with E-state index < -0.39 is 0 Å². The Morgan fingerprint density at radius 3 is 3.23 bits per heavy atom. The van der Waals surface area contributed by atoms with Crippen molar-refractivity contribution in [3.8, 4) is 5.75 Å². The maximum Gasteiger partial charge on any atom is 0.344 e.